The molecule has 10 atom stereocenters. The summed E-state index contributed by atoms with van der Waals surface area (Å²) < 4.78 is 23.9. The standard InChI is InChI=1S/C46H58N4O9.C6H10N6O/c1-8-42(54)23-28-24-45(40(52)57-6,36-30(15-19-49(25-28)26-42)29-13-10-11-14-33(29)47-36)32-21-31-34(22-35(32)56-5)48(4)38-44(31)17-20-50-18-12-16-43(9-2,37(44)50)39(59-27(3)51)46(38,55)41(53)58-7;1-12(2)11-10-6-4(5(7)13)8-3-9-6/h10-14,16,21-22,28,37-39,47,54-55H,8-9,15,17-20,23-26H2,1-7H3;3H,1-2H3,(H2,7,13)(H,8,9)/b;11-10+/t28-,37+,38-,39-,42+,43-,44-,45+,46+;/m1./s1. The van der Waals surface area contributed by atoms with Crippen molar-refractivity contribution in [3.05, 3.63) is 83.0 Å². The van der Waals surface area contributed by atoms with Gasteiger partial charge in [0.1, 0.15) is 11.2 Å². The maximum Gasteiger partial charge on any atom is 0.344 e. The van der Waals surface area contributed by atoms with Crippen molar-refractivity contribution in [3.63, 3.8) is 0 Å². The molecule has 2 aromatic heterocycles. The summed E-state index contributed by atoms with van der Waals surface area (Å²) in [5.74, 6) is -1.93. The quantitative estimate of drug-likeness (QED) is 0.0494. The Bertz CT molecular complexity index is 2850. The van der Waals surface area contributed by atoms with Gasteiger partial charge in [0.05, 0.1) is 39.3 Å². The van der Waals surface area contributed by atoms with Crippen molar-refractivity contribution in [2.75, 3.05) is 80.1 Å². The van der Waals surface area contributed by atoms with Crippen LogP contribution in [0.4, 0.5) is 11.5 Å². The van der Waals surface area contributed by atoms with Gasteiger partial charge < -0.3 is 49.8 Å². The van der Waals surface area contributed by atoms with Crippen molar-refractivity contribution in [1.82, 2.24) is 29.8 Å². The van der Waals surface area contributed by atoms with Crippen molar-refractivity contribution < 1.29 is 48.3 Å². The fraction of sp³-hybridized carbons (Fsp3) is 0.558. The highest BCUT2D eigenvalue weighted by Crippen LogP contribution is 2.68. The number of aromatic amines is 2. The molecule has 3 fully saturated rings. The summed E-state index contributed by atoms with van der Waals surface area (Å²) in [5.41, 5.74) is 3.49. The van der Waals surface area contributed by atoms with E-state index in [4.69, 9.17) is 24.7 Å². The number of aromatic nitrogens is 3. The van der Waals surface area contributed by atoms with E-state index in [2.05, 4.69) is 59.4 Å². The maximum atomic E-state index is 15.3. The Morgan fingerprint density at radius 1 is 0.986 bits per heavy atom. The summed E-state index contributed by atoms with van der Waals surface area (Å²) in [7, 11) is 9.58. The van der Waals surface area contributed by atoms with Crippen molar-refractivity contribution >= 4 is 46.2 Å². The number of imidazole rings is 1. The third-order valence-corrected chi connectivity index (χ3v) is 16.8. The van der Waals surface area contributed by atoms with Crippen LogP contribution in [0.3, 0.4) is 0 Å². The van der Waals surface area contributed by atoms with Crippen molar-refractivity contribution in [1.29, 1.82) is 0 Å². The van der Waals surface area contributed by atoms with Crippen LogP contribution in [0.2, 0.25) is 0 Å². The number of hydrogen-bond donors (Lipinski definition) is 5. The molecule has 4 aromatic rings. The summed E-state index contributed by atoms with van der Waals surface area (Å²) in [6.07, 6.45) is 7.28. The van der Waals surface area contributed by atoms with Crippen LogP contribution < -0.4 is 15.4 Å². The Balaban J connectivity index is 0.000000430. The van der Waals surface area contributed by atoms with E-state index >= 15 is 4.79 Å². The lowest BCUT2D eigenvalue weighted by Gasteiger charge is -2.63. The summed E-state index contributed by atoms with van der Waals surface area (Å²) in [6.45, 7) is 8.62. The molecule has 6 aliphatic rings. The normalized spacial score (nSPS) is 32.2. The first kappa shape index (κ1) is 50.6. The molecule has 7 heterocycles. The van der Waals surface area contributed by atoms with Gasteiger partial charge in [0.25, 0.3) is 5.91 Å². The van der Waals surface area contributed by atoms with E-state index in [-0.39, 0.29) is 23.5 Å². The Kier molecular flexibility index (Phi) is 13.1. The van der Waals surface area contributed by atoms with Crippen LogP contribution in [-0.4, -0.2) is 168 Å². The molecule has 6 N–H and O–H groups in total. The smallest absolute Gasteiger partial charge is 0.344 e. The van der Waals surface area contributed by atoms with Gasteiger partial charge in [-0.05, 0) is 74.2 Å². The van der Waals surface area contributed by atoms with E-state index < -0.39 is 63.4 Å². The van der Waals surface area contributed by atoms with E-state index in [1.165, 1.54) is 32.5 Å². The summed E-state index contributed by atoms with van der Waals surface area (Å²) >= 11 is 0. The zero-order valence-corrected chi connectivity index (χ0v) is 42.7. The average molecular weight is 993 g/mol. The van der Waals surface area contributed by atoms with Crippen LogP contribution in [0, 0.1) is 11.3 Å². The number of benzene rings is 2. The van der Waals surface area contributed by atoms with Gasteiger partial charge in [-0.2, -0.15) is 0 Å². The van der Waals surface area contributed by atoms with Gasteiger partial charge in [0, 0.05) is 105 Å². The minimum Gasteiger partial charge on any atom is -0.496 e. The van der Waals surface area contributed by atoms with Crippen molar-refractivity contribution in [2.24, 2.45) is 27.4 Å². The topological polar surface area (TPSA) is 254 Å². The molecule has 20 nitrogen and oxygen atoms in total. The second-order valence-electron chi connectivity index (χ2n) is 20.7. The third-order valence-electron chi connectivity index (χ3n) is 16.8. The number of esters is 3. The Hall–Kier alpha value is -6.35. The number of likely N-dealkylation sites (N-methyl/N-ethyl adjacent to an activating group) is 1. The molecule has 1 spiro atoms. The number of methoxy groups -OCH3 is 3. The van der Waals surface area contributed by atoms with Gasteiger partial charge in [-0.25, -0.2) is 9.78 Å². The molecule has 2 bridgehead atoms. The summed E-state index contributed by atoms with van der Waals surface area (Å²) in [5, 5.41) is 35.2. The van der Waals surface area contributed by atoms with Crippen LogP contribution in [0.25, 0.3) is 10.9 Å². The van der Waals surface area contributed by atoms with E-state index in [9.17, 15) is 24.6 Å². The first-order chi connectivity index (χ1) is 34.3. The summed E-state index contributed by atoms with van der Waals surface area (Å²) in [4.78, 5) is 70.2. The minimum absolute atomic E-state index is 0.0885. The maximum absolute atomic E-state index is 15.3. The number of nitrogens with zero attached hydrogens (tertiary/aromatic N) is 7. The Labute approximate surface area is 418 Å². The number of fused-ring (bicyclic) bond motifs is 6. The molecule has 72 heavy (non-hydrogen) atoms. The number of carbonyl (C=O) groups excluding carboxylic acids is 4. The number of anilines is 1. The number of H-pyrrole nitrogens is 2. The SMILES string of the molecule is CC[C@]1(O)C[C@H]2CN(CCc3c([nH]c4ccccc34)[C@@](C(=O)OC)(c3cc4c(cc3OC)N(C)[C@H]3[C@@](O)(C(=O)OC)[C@H](OC(C)=O)[C@]5(CC)C=CCN6CC[C@]43[C@@H]65)C2)C1.CN(C)/N=N/c1[nH]cnc1C(N)=O. The molecular weight excluding hydrogens is 925 g/mol. The minimum atomic E-state index is -2.30. The number of carbonyl (C=O) groups is 4. The van der Waals surface area contributed by atoms with E-state index in [1.807, 2.05) is 50.1 Å². The molecular formula is C52H68N10O10. The molecule has 1 amide bonds. The highest BCUT2D eigenvalue weighted by Gasteiger charge is 2.80. The van der Waals surface area contributed by atoms with E-state index in [1.54, 1.807) is 21.2 Å². The van der Waals surface area contributed by atoms with Crippen LogP contribution in [0.15, 0.2) is 65.2 Å². The van der Waals surface area contributed by atoms with Gasteiger partial charge in [-0.15, -0.1) is 5.11 Å². The van der Waals surface area contributed by atoms with E-state index in [0.717, 1.165) is 33.4 Å². The van der Waals surface area contributed by atoms with Gasteiger partial charge >= 0.3 is 17.9 Å². The van der Waals surface area contributed by atoms with E-state index in [0.29, 0.717) is 82.6 Å². The average Bonchev–Trinajstić information content (AvgIpc) is 4.16. The highest BCUT2D eigenvalue weighted by atomic mass is 16.6. The molecule has 20 heteroatoms. The lowest BCUT2D eigenvalue weighted by molar-refractivity contribution is -0.228. The Morgan fingerprint density at radius 3 is 2.40 bits per heavy atom. The zero-order valence-electron chi connectivity index (χ0n) is 42.7. The second kappa shape index (κ2) is 18.6. The molecule has 2 saturated heterocycles. The number of aliphatic hydroxyl groups is 2. The summed E-state index contributed by atoms with van der Waals surface area (Å²) in [6, 6.07) is 11.0. The molecule has 2 aromatic carbocycles. The van der Waals surface area contributed by atoms with Crippen molar-refractivity contribution in [2.45, 2.75) is 99.5 Å². The lowest BCUT2D eigenvalue weighted by Crippen LogP contribution is -2.81. The van der Waals surface area contributed by atoms with Gasteiger partial charge in [-0.3, -0.25) is 29.2 Å². The third kappa shape index (κ3) is 7.49. The lowest BCUT2D eigenvalue weighted by atomic mass is 9.47. The molecule has 1 saturated carbocycles. The number of nitrogens with one attached hydrogen (secondary N) is 2. The van der Waals surface area contributed by atoms with Crippen LogP contribution in [-0.2, 0) is 45.8 Å². The fourth-order valence-electron chi connectivity index (χ4n) is 14.2. The van der Waals surface area contributed by atoms with Crippen molar-refractivity contribution in [3.8, 4) is 5.75 Å². The first-order valence-electron chi connectivity index (χ1n) is 24.7. The Morgan fingerprint density at radius 2 is 1.74 bits per heavy atom. The number of amides is 1. The number of para-hydroxylation sites is 1. The van der Waals surface area contributed by atoms with Crippen LogP contribution in [0.1, 0.15) is 85.7 Å². The molecule has 1 unspecified atom stereocenters. The predicted octanol–water partition coefficient (Wildman–Crippen LogP) is 4.06. The molecule has 10 rings (SSSR count). The monoisotopic (exact) mass is 993 g/mol. The zero-order chi connectivity index (χ0) is 51.7. The number of ether oxygens (including phenoxy) is 4. The first-order valence-corrected chi connectivity index (χ1v) is 24.7. The number of primary amides is 1. The molecule has 386 valence electrons. The molecule has 0 radical (unpaired) electrons. The molecule has 5 aliphatic heterocycles. The predicted molar refractivity (Wildman–Crippen MR) is 266 cm³/mol. The number of nitrogens with two attached hydrogens (primary N) is 1. The fourth-order valence-corrected chi connectivity index (χ4v) is 14.2. The van der Waals surface area contributed by atoms with Gasteiger partial charge in [0.15, 0.2) is 17.6 Å². The number of rotatable bonds is 10. The van der Waals surface area contributed by atoms with Gasteiger partial charge in [0.2, 0.25) is 5.60 Å². The highest BCUT2D eigenvalue weighted by molar-refractivity contribution is 5.96. The largest absolute Gasteiger partial charge is 0.496 e. The van der Waals surface area contributed by atoms with Crippen LogP contribution in [0.5, 0.6) is 5.75 Å². The molecule has 1 aliphatic carbocycles. The number of piperidine rings is 1. The van der Waals surface area contributed by atoms with Crippen LogP contribution >= 0.6 is 0 Å². The second-order valence-corrected chi connectivity index (χ2v) is 20.7. The van der Waals surface area contributed by atoms with Gasteiger partial charge in [-0.1, -0.05) is 49.4 Å². The number of hydrogen-bond acceptors (Lipinski definition) is 16.